The molecule has 78 valence electrons. The van der Waals surface area contributed by atoms with Gasteiger partial charge in [0.1, 0.15) is 0 Å². The molecule has 1 aromatic rings. The quantitative estimate of drug-likeness (QED) is 0.774. The van der Waals surface area contributed by atoms with E-state index in [0.717, 1.165) is 13.1 Å². The van der Waals surface area contributed by atoms with E-state index in [4.69, 9.17) is 0 Å². The molecule has 0 amide bonds. The van der Waals surface area contributed by atoms with Crippen LogP contribution < -0.4 is 10.0 Å². The Morgan fingerprint density at radius 2 is 2.07 bits per heavy atom. The molecule has 0 fully saturated rings. The summed E-state index contributed by atoms with van der Waals surface area (Å²) in [7, 11) is 0.286. The lowest BCUT2D eigenvalue weighted by molar-refractivity contribution is 0.968. The molecule has 0 radical (unpaired) electrons. The van der Waals surface area contributed by atoms with Crippen LogP contribution in [0.25, 0.3) is 0 Å². The van der Waals surface area contributed by atoms with Crippen molar-refractivity contribution < 1.29 is 0 Å². The number of rotatable bonds is 3. The fraction of sp³-hybridized carbons (Fsp3) is 0.300. The monoisotopic (exact) mass is 230 g/mol. The van der Waals surface area contributed by atoms with Crippen molar-refractivity contribution in [1.82, 2.24) is 10.0 Å². The van der Waals surface area contributed by atoms with E-state index in [-0.39, 0.29) is 23.1 Å². The smallest absolute Gasteiger partial charge is 0.0305 e. The van der Waals surface area contributed by atoms with Gasteiger partial charge in [-0.2, -0.15) is 0 Å². The van der Waals surface area contributed by atoms with E-state index in [2.05, 4.69) is 45.9 Å². The minimum absolute atomic E-state index is 0. The van der Waals surface area contributed by atoms with Crippen molar-refractivity contribution in [2.24, 2.45) is 0 Å². The van der Waals surface area contributed by atoms with E-state index in [1.807, 2.05) is 0 Å². The number of nitrogens with one attached hydrogen (secondary N) is 2. The van der Waals surface area contributed by atoms with Crippen LogP contribution >= 0.6 is 23.1 Å². The van der Waals surface area contributed by atoms with Gasteiger partial charge in [0.2, 0.25) is 0 Å². The summed E-state index contributed by atoms with van der Waals surface area (Å²) in [6.07, 6.45) is 0. The third kappa shape index (κ3) is 3.42. The maximum absolute atomic E-state index is 3.51. The first kappa shape index (κ1) is 11.7. The lowest BCUT2D eigenvalue weighted by Gasteiger charge is -2.05. The highest BCUT2D eigenvalue weighted by Crippen LogP contribution is 2.09. The van der Waals surface area contributed by atoms with Gasteiger partial charge in [-0.3, -0.25) is 10.0 Å². The Labute approximate surface area is 93.6 Å². The molecular weight excluding hydrogens is 216 g/mol. The van der Waals surface area contributed by atoms with Gasteiger partial charge in [-0.25, -0.2) is 0 Å². The zero-order valence-electron chi connectivity index (χ0n) is 7.90. The Hall–Kier alpha value is -0.350. The zero-order chi connectivity index (χ0) is 8.93. The number of hydrogen-bond acceptors (Lipinski definition) is 2. The second kappa shape index (κ2) is 6.19. The molecule has 1 atom stereocenters. The summed E-state index contributed by atoms with van der Waals surface area (Å²) >= 11 is 0. The zero-order valence-corrected chi connectivity index (χ0v) is 9.53. The predicted octanol–water partition coefficient (Wildman–Crippen LogP) is 1.74. The van der Waals surface area contributed by atoms with Crippen LogP contribution in [0.15, 0.2) is 30.3 Å². The SMILES string of the molecule is C1=S(NCc2ccccc2)CCN1.Cl. The highest BCUT2D eigenvalue weighted by molar-refractivity contribution is 8.13. The summed E-state index contributed by atoms with van der Waals surface area (Å²) in [4.78, 5) is 0. The van der Waals surface area contributed by atoms with Crippen LogP contribution in [0.2, 0.25) is 0 Å². The average molecular weight is 231 g/mol. The van der Waals surface area contributed by atoms with Crippen molar-refractivity contribution in [3.8, 4) is 0 Å². The summed E-state index contributed by atoms with van der Waals surface area (Å²) in [5.41, 5.74) is 3.53. The van der Waals surface area contributed by atoms with Gasteiger partial charge in [0.15, 0.2) is 0 Å². The Balaban J connectivity index is 0.000000980. The Morgan fingerprint density at radius 1 is 1.29 bits per heavy atom. The van der Waals surface area contributed by atoms with Crippen LogP contribution in [0.3, 0.4) is 0 Å². The van der Waals surface area contributed by atoms with Crippen molar-refractivity contribution >= 4 is 28.6 Å². The van der Waals surface area contributed by atoms with Gasteiger partial charge in [-0.15, -0.1) is 23.1 Å². The van der Waals surface area contributed by atoms with Crippen molar-refractivity contribution in [2.75, 3.05) is 12.3 Å². The second-order valence-electron chi connectivity index (χ2n) is 3.01. The molecule has 0 aliphatic carbocycles. The number of benzene rings is 1. The molecule has 1 aliphatic heterocycles. The maximum Gasteiger partial charge on any atom is 0.0305 e. The van der Waals surface area contributed by atoms with Gasteiger partial charge in [-0.05, 0) is 5.56 Å². The normalized spacial score (nSPS) is 19.9. The molecule has 1 aromatic carbocycles. The van der Waals surface area contributed by atoms with Crippen LogP contribution in [-0.2, 0) is 6.54 Å². The molecule has 2 nitrogen and oxygen atoms in total. The first-order valence-corrected chi connectivity index (χ1v) is 5.95. The van der Waals surface area contributed by atoms with E-state index < -0.39 is 0 Å². The lowest BCUT2D eigenvalue weighted by atomic mass is 10.2. The summed E-state index contributed by atoms with van der Waals surface area (Å²) in [6, 6.07) is 10.5. The largest absolute Gasteiger partial charge is 0.288 e. The average Bonchev–Trinajstić information content (AvgIpc) is 2.69. The Bertz CT molecular complexity index is 300. The second-order valence-corrected chi connectivity index (χ2v) is 4.80. The fourth-order valence-corrected chi connectivity index (χ4v) is 2.63. The Morgan fingerprint density at radius 3 is 2.71 bits per heavy atom. The minimum atomic E-state index is 0. The lowest BCUT2D eigenvalue weighted by Crippen LogP contribution is -2.06. The maximum atomic E-state index is 3.51. The molecule has 0 aromatic heterocycles. The van der Waals surface area contributed by atoms with E-state index in [1.165, 1.54) is 11.3 Å². The molecule has 2 rings (SSSR count). The summed E-state index contributed by atoms with van der Waals surface area (Å²) in [6.45, 7) is 2.09. The summed E-state index contributed by atoms with van der Waals surface area (Å²) < 4.78 is 3.51. The van der Waals surface area contributed by atoms with Crippen LogP contribution in [0.4, 0.5) is 0 Å². The fourth-order valence-electron chi connectivity index (χ4n) is 1.27. The topological polar surface area (TPSA) is 24.1 Å². The number of hydrogen-bond donors (Lipinski definition) is 2. The van der Waals surface area contributed by atoms with Crippen molar-refractivity contribution in [3.63, 3.8) is 0 Å². The molecule has 14 heavy (non-hydrogen) atoms. The molecule has 0 saturated carbocycles. The first-order chi connectivity index (χ1) is 6.45. The van der Waals surface area contributed by atoms with Gasteiger partial charge >= 0.3 is 0 Å². The minimum Gasteiger partial charge on any atom is -0.288 e. The van der Waals surface area contributed by atoms with Crippen LogP contribution in [-0.4, -0.2) is 17.8 Å². The van der Waals surface area contributed by atoms with E-state index in [1.54, 1.807) is 0 Å². The third-order valence-corrected chi connectivity index (χ3v) is 3.61. The summed E-state index contributed by atoms with van der Waals surface area (Å²) in [5.74, 6) is 1.23. The van der Waals surface area contributed by atoms with Crippen LogP contribution in [0, 0.1) is 0 Å². The van der Waals surface area contributed by atoms with E-state index in [0.29, 0.717) is 0 Å². The standard InChI is InChI=1S/C10H14N2S.ClH/c1-2-4-10(5-3-1)8-12-13-7-6-11-9-13;/h1-5,9,11-12H,6-8H2;1H. The van der Waals surface area contributed by atoms with Crippen molar-refractivity contribution in [1.29, 1.82) is 0 Å². The van der Waals surface area contributed by atoms with Crippen LogP contribution in [0.5, 0.6) is 0 Å². The molecule has 0 bridgehead atoms. The van der Waals surface area contributed by atoms with E-state index >= 15 is 0 Å². The van der Waals surface area contributed by atoms with Gasteiger partial charge < -0.3 is 0 Å². The van der Waals surface area contributed by atoms with Crippen LogP contribution in [0.1, 0.15) is 5.56 Å². The Kier molecular flexibility index (Phi) is 5.19. The first-order valence-electron chi connectivity index (χ1n) is 4.49. The molecule has 2 N–H and O–H groups in total. The van der Waals surface area contributed by atoms with Gasteiger partial charge in [0, 0.05) is 24.3 Å². The molecule has 1 heterocycles. The van der Waals surface area contributed by atoms with E-state index in [9.17, 15) is 0 Å². The predicted molar refractivity (Wildman–Crippen MR) is 67.1 cm³/mol. The number of halogens is 1. The van der Waals surface area contributed by atoms with Gasteiger partial charge in [-0.1, -0.05) is 30.3 Å². The molecule has 1 unspecified atom stereocenters. The van der Waals surface area contributed by atoms with Gasteiger partial charge in [0.25, 0.3) is 0 Å². The summed E-state index contributed by atoms with van der Waals surface area (Å²) in [5, 5.41) is 3.23. The molecular formula is C10H15ClN2S. The molecule has 4 heteroatoms. The molecule has 1 aliphatic rings. The highest BCUT2D eigenvalue weighted by Gasteiger charge is 2.00. The van der Waals surface area contributed by atoms with Crippen molar-refractivity contribution in [2.45, 2.75) is 6.54 Å². The van der Waals surface area contributed by atoms with Crippen molar-refractivity contribution in [3.05, 3.63) is 35.9 Å². The molecule has 0 saturated heterocycles. The van der Waals surface area contributed by atoms with Gasteiger partial charge in [0.05, 0.1) is 0 Å². The highest BCUT2D eigenvalue weighted by atomic mass is 35.5. The third-order valence-electron chi connectivity index (χ3n) is 2.00. The molecule has 0 spiro atoms.